The number of amides is 1. The summed E-state index contributed by atoms with van der Waals surface area (Å²) < 4.78 is 0. The maximum absolute atomic E-state index is 12.3. The molecule has 0 atom stereocenters. The van der Waals surface area contributed by atoms with Crippen molar-refractivity contribution in [2.24, 2.45) is 0 Å². The predicted octanol–water partition coefficient (Wildman–Crippen LogP) is 4.57. The minimum atomic E-state index is -0.105. The Bertz CT molecular complexity index is 970. The topological polar surface area (TPSA) is 44.9 Å². The Morgan fingerprint density at radius 2 is 1.50 bits per heavy atom. The van der Waals surface area contributed by atoms with E-state index in [0.29, 0.717) is 5.56 Å². The summed E-state index contributed by atoms with van der Waals surface area (Å²) in [5.74, 6) is -0.105. The van der Waals surface area contributed by atoms with Gasteiger partial charge in [-0.2, -0.15) is 0 Å². The summed E-state index contributed by atoms with van der Waals surface area (Å²) >= 11 is 0. The molecule has 3 aromatic carbocycles. The standard InChI is InChI=1S/C19H14N2O/c22-19(13-7-2-1-3-8-13)21-17-12-6-10-15-14-9-4-5-11-16(14)20-18(15)17/h1-12,20H,(H,21,22). The molecule has 0 saturated carbocycles. The van der Waals surface area contributed by atoms with E-state index in [1.54, 1.807) is 12.1 Å². The van der Waals surface area contributed by atoms with E-state index in [-0.39, 0.29) is 5.91 Å². The van der Waals surface area contributed by atoms with Crippen molar-refractivity contribution >= 4 is 33.4 Å². The van der Waals surface area contributed by atoms with Gasteiger partial charge in [0.1, 0.15) is 0 Å². The second-order valence-electron chi connectivity index (χ2n) is 5.22. The van der Waals surface area contributed by atoms with Crippen molar-refractivity contribution in [1.29, 1.82) is 0 Å². The first-order valence-corrected chi connectivity index (χ1v) is 7.19. The van der Waals surface area contributed by atoms with Crippen LogP contribution in [0, 0.1) is 0 Å². The van der Waals surface area contributed by atoms with Gasteiger partial charge in [-0.05, 0) is 24.3 Å². The number of anilines is 1. The lowest BCUT2D eigenvalue weighted by molar-refractivity contribution is 0.102. The van der Waals surface area contributed by atoms with Gasteiger partial charge >= 0.3 is 0 Å². The van der Waals surface area contributed by atoms with E-state index >= 15 is 0 Å². The first kappa shape index (κ1) is 12.7. The van der Waals surface area contributed by atoms with Crippen molar-refractivity contribution in [2.45, 2.75) is 0 Å². The number of carbonyl (C=O) groups is 1. The Morgan fingerprint density at radius 3 is 2.36 bits per heavy atom. The number of benzene rings is 3. The molecule has 1 heterocycles. The van der Waals surface area contributed by atoms with Gasteiger partial charge in [0.05, 0.1) is 11.2 Å². The molecule has 0 fully saturated rings. The molecular weight excluding hydrogens is 272 g/mol. The Labute approximate surface area is 127 Å². The van der Waals surface area contributed by atoms with Crippen LogP contribution in [0.15, 0.2) is 72.8 Å². The molecule has 0 bridgehead atoms. The number of rotatable bonds is 2. The van der Waals surface area contributed by atoms with Gasteiger partial charge in [0.2, 0.25) is 0 Å². The van der Waals surface area contributed by atoms with Crippen LogP contribution in [0.5, 0.6) is 0 Å². The lowest BCUT2D eigenvalue weighted by Crippen LogP contribution is -2.11. The van der Waals surface area contributed by atoms with Crippen LogP contribution in [0.4, 0.5) is 5.69 Å². The number of aromatic nitrogens is 1. The smallest absolute Gasteiger partial charge is 0.255 e. The van der Waals surface area contributed by atoms with Crippen molar-refractivity contribution in [3.05, 3.63) is 78.4 Å². The van der Waals surface area contributed by atoms with Gasteiger partial charge in [-0.15, -0.1) is 0 Å². The maximum Gasteiger partial charge on any atom is 0.255 e. The van der Waals surface area contributed by atoms with Gasteiger partial charge in [-0.1, -0.05) is 48.5 Å². The Hall–Kier alpha value is -3.07. The van der Waals surface area contributed by atoms with Crippen molar-refractivity contribution in [3.8, 4) is 0 Å². The van der Waals surface area contributed by atoms with Gasteiger partial charge < -0.3 is 10.3 Å². The highest BCUT2D eigenvalue weighted by Gasteiger charge is 2.10. The van der Waals surface area contributed by atoms with E-state index in [1.807, 2.05) is 48.5 Å². The molecule has 4 aromatic rings. The minimum Gasteiger partial charge on any atom is -0.353 e. The normalized spacial score (nSPS) is 10.9. The van der Waals surface area contributed by atoms with Gasteiger partial charge in [-0.25, -0.2) is 0 Å². The zero-order valence-electron chi connectivity index (χ0n) is 11.8. The molecule has 3 nitrogen and oxygen atoms in total. The van der Waals surface area contributed by atoms with Crippen molar-refractivity contribution in [1.82, 2.24) is 4.98 Å². The highest BCUT2D eigenvalue weighted by molar-refractivity contribution is 6.14. The lowest BCUT2D eigenvalue weighted by Gasteiger charge is -2.06. The van der Waals surface area contributed by atoms with E-state index in [9.17, 15) is 4.79 Å². The SMILES string of the molecule is O=C(Nc1cccc2c1[nH]c1ccccc12)c1ccccc1. The monoisotopic (exact) mass is 286 g/mol. The third-order valence-corrected chi connectivity index (χ3v) is 3.83. The van der Waals surface area contributed by atoms with Crippen LogP contribution in [-0.2, 0) is 0 Å². The zero-order valence-corrected chi connectivity index (χ0v) is 11.8. The van der Waals surface area contributed by atoms with Gasteiger partial charge in [0, 0.05) is 21.9 Å². The fraction of sp³-hybridized carbons (Fsp3) is 0. The van der Waals surface area contributed by atoms with Crippen molar-refractivity contribution in [2.75, 3.05) is 5.32 Å². The first-order chi connectivity index (χ1) is 10.8. The highest BCUT2D eigenvalue weighted by atomic mass is 16.1. The highest BCUT2D eigenvalue weighted by Crippen LogP contribution is 2.30. The van der Waals surface area contributed by atoms with Gasteiger partial charge in [0.25, 0.3) is 5.91 Å². The molecule has 0 spiro atoms. The van der Waals surface area contributed by atoms with E-state index in [1.165, 1.54) is 0 Å². The molecule has 0 radical (unpaired) electrons. The number of nitrogens with one attached hydrogen (secondary N) is 2. The summed E-state index contributed by atoms with van der Waals surface area (Å²) in [5.41, 5.74) is 3.46. The number of carbonyl (C=O) groups excluding carboxylic acids is 1. The maximum atomic E-state index is 12.3. The van der Waals surface area contributed by atoms with E-state index in [0.717, 1.165) is 27.5 Å². The molecule has 4 rings (SSSR count). The summed E-state index contributed by atoms with van der Waals surface area (Å²) in [6.45, 7) is 0. The number of hydrogen-bond acceptors (Lipinski definition) is 1. The number of hydrogen-bond donors (Lipinski definition) is 2. The lowest BCUT2D eigenvalue weighted by atomic mass is 10.1. The van der Waals surface area contributed by atoms with Crippen LogP contribution >= 0.6 is 0 Å². The van der Waals surface area contributed by atoms with Crippen molar-refractivity contribution in [3.63, 3.8) is 0 Å². The van der Waals surface area contributed by atoms with Crippen LogP contribution in [-0.4, -0.2) is 10.9 Å². The molecule has 0 aliphatic heterocycles. The fourth-order valence-electron chi connectivity index (χ4n) is 2.76. The Balaban J connectivity index is 1.80. The van der Waals surface area contributed by atoms with E-state index in [2.05, 4.69) is 22.4 Å². The quantitative estimate of drug-likeness (QED) is 0.557. The predicted molar refractivity (Wildman–Crippen MR) is 90.2 cm³/mol. The van der Waals surface area contributed by atoms with Gasteiger partial charge in [-0.3, -0.25) is 4.79 Å². The molecule has 0 aliphatic rings. The summed E-state index contributed by atoms with van der Waals surface area (Å²) in [7, 11) is 0. The summed E-state index contributed by atoms with van der Waals surface area (Å²) in [4.78, 5) is 15.7. The van der Waals surface area contributed by atoms with Gasteiger partial charge in [0.15, 0.2) is 0 Å². The number of fused-ring (bicyclic) bond motifs is 3. The van der Waals surface area contributed by atoms with Crippen LogP contribution in [0.3, 0.4) is 0 Å². The molecule has 106 valence electrons. The second-order valence-corrected chi connectivity index (χ2v) is 5.22. The Kier molecular flexibility index (Phi) is 2.90. The van der Waals surface area contributed by atoms with E-state index < -0.39 is 0 Å². The second kappa shape index (κ2) is 5.04. The molecule has 1 amide bonds. The number of H-pyrrole nitrogens is 1. The Morgan fingerprint density at radius 1 is 0.773 bits per heavy atom. The number of para-hydroxylation sites is 2. The molecular formula is C19H14N2O. The van der Waals surface area contributed by atoms with Crippen LogP contribution < -0.4 is 5.32 Å². The first-order valence-electron chi connectivity index (χ1n) is 7.19. The van der Waals surface area contributed by atoms with Crippen LogP contribution in [0.25, 0.3) is 21.8 Å². The fourth-order valence-corrected chi connectivity index (χ4v) is 2.76. The molecule has 2 N–H and O–H groups in total. The third kappa shape index (κ3) is 2.04. The molecule has 3 heteroatoms. The average molecular weight is 286 g/mol. The summed E-state index contributed by atoms with van der Waals surface area (Å²) in [5, 5.41) is 5.26. The number of aromatic amines is 1. The molecule has 0 saturated heterocycles. The van der Waals surface area contributed by atoms with Crippen LogP contribution in [0.2, 0.25) is 0 Å². The minimum absolute atomic E-state index is 0.105. The third-order valence-electron chi connectivity index (χ3n) is 3.83. The zero-order chi connectivity index (χ0) is 14.9. The summed E-state index contributed by atoms with van der Waals surface area (Å²) in [6.07, 6.45) is 0. The van der Waals surface area contributed by atoms with Crippen molar-refractivity contribution < 1.29 is 4.79 Å². The molecule has 0 unspecified atom stereocenters. The summed E-state index contributed by atoms with van der Waals surface area (Å²) in [6, 6.07) is 23.3. The van der Waals surface area contributed by atoms with E-state index in [4.69, 9.17) is 0 Å². The largest absolute Gasteiger partial charge is 0.353 e. The molecule has 1 aromatic heterocycles. The van der Waals surface area contributed by atoms with Crippen LogP contribution in [0.1, 0.15) is 10.4 Å². The average Bonchev–Trinajstić information content (AvgIpc) is 2.95. The molecule has 22 heavy (non-hydrogen) atoms. The molecule has 0 aliphatic carbocycles.